The van der Waals surface area contributed by atoms with Crippen molar-refractivity contribution in [2.75, 3.05) is 13.1 Å². The summed E-state index contributed by atoms with van der Waals surface area (Å²) in [5.74, 6) is 0. The number of aromatic nitrogens is 4. The number of nitrogens with zero attached hydrogens (tertiary/aromatic N) is 5. The number of rotatable bonds is 4. The molecule has 27 heavy (non-hydrogen) atoms. The zero-order valence-electron chi connectivity index (χ0n) is 15.0. The number of hydrogen-bond acceptors (Lipinski definition) is 3. The van der Waals surface area contributed by atoms with E-state index in [4.69, 9.17) is 0 Å². The van der Waals surface area contributed by atoms with Gasteiger partial charge in [-0.25, -0.2) is 9.48 Å². The molecule has 1 aliphatic rings. The van der Waals surface area contributed by atoms with Crippen LogP contribution in [-0.2, 0) is 13.1 Å². The number of pyridine rings is 1. The topological polar surface area (TPSA) is 47.5 Å². The molecule has 0 amide bonds. The highest BCUT2D eigenvalue weighted by Gasteiger charge is 2.28. The van der Waals surface area contributed by atoms with Gasteiger partial charge in [0, 0.05) is 37.7 Å². The molecule has 0 spiro atoms. The molecule has 5 rings (SSSR count). The van der Waals surface area contributed by atoms with Crippen molar-refractivity contribution in [3.8, 4) is 0 Å². The standard InChI is InChI=1S/C21H21N5O/c27-21-25-12-5-4-10-19(25)22-26(21)16-15-24-14-13-23-11-6-9-18(23)20(24)17-7-2-1-3-8-17/h1-12,20H,13-16H2. The van der Waals surface area contributed by atoms with E-state index in [1.165, 1.54) is 11.3 Å². The van der Waals surface area contributed by atoms with E-state index in [1.807, 2.05) is 24.3 Å². The van der Waals surface area contributed by atoms with Crippen LogP contribution in [0.3, 0.4) is 0 Å². The van der Waals surface area contributed by atoms with Crippen LogP contribution in [0.25, 0.3) is 5.65 Å². The van der Waals surface area contributed by atoms with Crippen molar-refractivity contribution in [2.45, 2.75) is 19.1 Å². The molecule has 0 bridgehead atoms. The second kappa shape index (κ2) is 6.55. The summed E-state index contributed by atoms with van der Waals surface area (Å²) in [6, 6.07) is 20.7. The lowest BCUT2D eigenvalue weighted by atomic mass is 10.00. The van der Waals surface area contributed by atoms with Gasteiger partial charge in [0.2, 0.25) is 0 Å². The fourth-order valence-corrected chi connectivity index (χ4v) is 4.03. The van der Waals surface area contributed by atoms with Crippen molar-refractivity contribution in [3.05, 3.63) is 94.8 Å². The van der Waals surface area contributed by atoms with Crippen LogP contribution in [0.1, 0.15) is 17.3 Å². The van der Waals surface area contributed by atoms with Crippen molar-refractivity contribution in [3.63, 3.8) is 0 Å². The van der Waals surface area contributed by atoms with Gasteiger partial charge in [-0.05, 0) is 29.8 Å². The van der Waals surface area contributed by atoms with Crippen molar-refractivity contribution < 1.29 is 0 Å². The first kappa shape index (κ1) is 16.1. The van der Waals surface area contributed by atoms with Gasteiger partial charge in [0.15, 0.2) is 5.65 Å². The molecule has 3 aromatic heterocycles. The molecular formula is C21H21N5O. The largest absolute Gasteiger partial charge is 0.350 e. The Balaban J connectivity index is 1.45. The quantitative estimate of drug-likeness (QED) is 0.562. The fourth-order valence-electron chi connectivity index (χ4n) is 4.03. The summed E-state index contributed by atoms with van der Waals surface area (Å²) in [6.45, 7) is 3.26. The fraction of sp³-hybridized carbons (Fsp3) is 0.238. The van der Waals surface area contributed by atoms with E-state index in [1.54, 1.807) is 15.3 Å². The molecule has 0 saturated heterocycles. The molecule has 0 radical (unpaired) electrons. The van der Waals surface area contributed by atoms with Gasteiger partial charge >= 0.3 is 5.69 Å². The van der Waals surface area contributed by atoms with Crippen LogP contribution >= 0.6 is 0 Å². The first-order valence-electron chi connectivity index (χ1n) is 9.29. The summed E-state index contributed by atoms with van der Waals surface area (Å²) in [4.78, 5) is 15.0. The molecule has 136 valence electrons. The lowest BCUT2D eigenvalue weighted by molar-refractivity contribution is 0.173. The van der Waals surface area contributed by atoms with E-state index in [0.29, 0.717) is 12.2 Å². The Kier molecular flexibility index (Phi) is 3.90. The van der Waals surface area contributed by atoms with Gasteiger partial charge in [0.1, 0.15) is 0 Å². The molecule has 4 aromatic rings. The minimum atomic E-state index is -0.0813. The van der Waals surface area contributed by atoms with E-state index < -0.39 is 0 Å². The van der Waals surface area contributed by atoms with Crippen molar-refractivity contribution in [1.82, 2.24) is 23.6 Å². The molecule has 0 N–H and O–H groups in total. The Labute approximate surface area is 156 Å². The Morgan fingerprint density at radius 1 is 0.889 bits per heavy atom. The molecule has 0 fully saturated rings. The summed E-state index contributed by atoms with van der Waals surface area (Å²) < 4.78 is 5.49. The second-order valence-corrected chi connectivity index (χ2v) is 6.91. The van der Waals surface area contributed by atoms with Crippen LogP contribution in [0.4, 0.5) is 0 Å². The molecular weight excluding hydrogens is 338 g/mol. The Hall–Kier alpha value is -3.12. The van der Waals surface area contributed by atoms with Gasteiger partial charge in [-0.2, -0.15) is 0 Å². The summed E-state index contributed by atoms with van der Waals surface area (Å²) in [5, 5.41) is 4.46. The zero-order chi connectivity index (χ0) is 18.2. The maximum absolute atomic E-state index is 12.6. The van der Waals surface area contributed by atoms with E-state index in [0.717, 1.165) is 19.6 Å². The third kappa shape index (κ3) is 2.78. The molecule has 0 saturated carbocycles. The molecule has 1 unspecified atom stereocenters. The minimum absolute atomic E-state index is 0.0813. The maximum Gasteiger partial charge on any atom is 0.350 e. The Morgan fingerprint density at radius 2 is 1.74 bits per heavy atom. The summed E-state index contributed by atoms with van der Waals surface area (Å²) in [7, 11) is 0. The third-order valence-electron chi connectivity index (χ3n) is 5.34. The predicted octanol–water partition coefficient (Wildman–Crippen LogP) is 2.40. The molecule has 6 nitrogen and oxygen atoms in total. The average molecular weight is 359 g/mol. The highest BCUT2D eigenvalue weighted by atomic mass is 16.2. The number of hydrogen-bond donors (Lipinski definition) is 0. The maximum atomic E-state index is 12.6. The Morgan fingerprint density at radius 3 is 2.59 bits per heavy atom. The van der Waals surface area contributed by atoms with Crippen LogP contribution in [0, 0.1) is 0 Å². The van der Waals surface area contributed by atoms with Gasteiger partial charge in [-0.3, -0.25) is 9.30 Å². The minimum Gasteiger partial charge on any atom is -0.348 e. The van der Waals surface area contributed by atoms with E-state index in [2.05, 4.69) is 57.2 Å². The summed E-state index contributed by atoms with van der Waals surface area (Å²) >= 11 is 0. The second-order valence-electron chi connectivity index (χ2n) is 6.91. The van der Waals surface area contributed by atoms with Gasteiger partial charge in [0.05, 0.1) is 12.6 Å². The molecule has 6 heteroatoms. The highest BCUT2D eigenvalue weighted by Crippen LogP contribution is 2.31. The first-order valence-corrected chi connectivity index (χ1v) is 9.29. The lowest BCUT2D eigenvalue weighted by Gasteiger charge is -2.37. The zero-order valence-corrected chi connectivity index (χ0v) is 15.0. The normalized spacial score (nSPS) is 17.3. The SMILES string of the molecule is O=c1n(CCN2CCn3cccc3C2c2ccccc2)nc2ccccn12. The van der Waals surface area contributed by atoms with Crippen molar-refractivity contribution in [2.24, 2.45) is 0 Å². The molecule has 1 aliphatic heterocycles. The van der Waals surface area contributed by atoms with Gasteiger partial charge in [0.25, 0.3) is 0 Å². The van der Waals surface area contributed by atoms with Gasteiger partial charge < -0.3 is 4.57 Å². The predicted molar refractivity (Wildman–Crippen MR) is 104 cm³/mol. The molecule has 0 aliphatic carbocycles. The van der Waals surface area contributed by atoms with E-state index >= 15 is 0 Å². The van der Waals surface area contributed by atoms with E-state index in [9.17, 15) is 4.79 Å². The van der Waals surface area contributed by atoms with Crippen molar-refractivity contribution >= 4 is 5.65 Å². The first-order chi connectivity index (χ1) is 13.3. The number of fused-ring (bicyclic) bond motifs is 2. The average Bonchev–Trinajstić information content (AvgIpc) is 3.31. The van der Waals surface area contributed by atoms with Crippen LogP contribution in [-0.4, -0.2) is 36.7 Å². The van der Waals surface area contributed by atoms with Crippen molar-refractivity contribution in [1.29, 1.82) is 0 Å². The van der Waals surface area contributed by atoms with Gasteiger partial charge in [-0.15, -0.1) is 5.10 Å². The molecule has 1 aromatic carbocycles. The van der Waals surface area contributed by atoms with Gasteiger partial charge in [-0.1, -0.05) is 36.4 Å². The Bertz CT molecular complexity index is 1120. The van der Waals surface area contributed by atoms with Crippen LogP contribution in [0.2, 0.25) is 0 Å². The van der Waals surface area contributed by atoms with Crippen LogP contribution < -0.4 is 5.69 Å². The van der Waals surface area contributed by atoms with Crippen LogP contribution in [0.15, 0.2) is 77.9 Å². The highest BCUT2D eigenvalue weighted by molar-refractivity contribution is 5.35. The summed E-state index contributed by atoms with van der Waals surface area (Å²) in [5.41, 5.74) is 3.19. The number of benzene rings is 1. The third-order valence-corrected chi connectivity index (χ3v) is 5.34. The molecule has 1 atom stereocenters. The monoisotopic (exact) mass is 359 g/mol. The smallest absolute Gasteiger partial charge is 0.348 e. The lowest BCUT2D eigenvalue weighted by Crippen LogP contribution is -2.41. The summed E-state index contributed by atoms with van der Waals surface area (Å²) in [6.07, 6.45) is 3.91. The molecule has 4 heterocycles. The van der Waals surface area contributed by atoms with E-state index in [-0.39, 0.29) is 11.7 Å². The van der Waals surface area contributed by atoms with Crippen LogP contribution in [0.5, 0.6) is 0 Å².